The molecule has 3 nitrogen and oxygen atoms in total. The summed E-state index contributed by atoms with van der Waals surface area (Å²) < 4.78 is 5.71. The van der Waals surface area contributed by atoms with Crippen molar-refractivity contribution in [3.8, 4) is 0 Å². The molecule has 0 radical (unpaired) electrons. The van der Waals surface area contributed by atoms with Crippen LogP contribution in [0.4, 0.5) is 0 Å². The van der Waals surface area contributed by atoms with Crippen LogP contribution in [-0.4, -0.2) is 24.6 Å². The van der Waals surface area contributed by atoms with Gasteiger partial charge in [-0.05, 0) is 31.6 Å². The molecule has 0 aromatic heterocycles. The molecule has 1 aliphatic heterocycles. The van der Waals surface area contributed by atoms with E-state index in [1.807, 2.05) is 0 Å². The molecule has 14 heavy (non-hydrogen) atoms. The van der Waals surface area contributed by atoms with Crippen molar-refractivity contribution in [1.82, 2.24) is 0 Å². The van der Waals surface area contributed by atoms with E-state index in [9.17, 15) is 0 Å². The SMILES string of the molecule is CCCC(N)=NC1CCOC1C1CC1. The number of amidine groups is 1. The highest BCUT2D eigenvalue weighted by Crippen LogP contribution is 2.39. The van der Waals surface area contributed by atoms with Gasteiger partial charge in [0.25, 0.3) is 0 Å². The Morgan fingerprint density at radius 1 is 1.43 bits per heavy atom. The molecule has 2 rings (SSSR count). The Morgan fingerprint density at radius 3 is 2.86 bits per heavy atom. The van der Waals surface area contributed by atoms with Crippen LogP contribution >= 0.6 is 0 Å². The van der Waals surface area contributed by atoms with Gasteiger partial charge < -0.3 is 10.5 Å². The molecule has 0 aromatic carbocycles. The first-order valence-electron chi connectivity index (χ1n) is 5.75. The molecule has 3 heteroatoms. The van der Waals surface area contributed by atoms with Crippen molar-refractivity contribution in [1.29, 1.82) is 0 Å². The van der Waals surface area contributed by atoms with Gasteiger partial charge in [-0.15, -0.1) is 0 Å². The Morgan fingerprint density at radius 2 is 2.21 bits per heavy atom. The molecule has 2 N–H and O–H groups in total. The Bertz CT molecular complexity index is 223. The van der Waals surface area contributed by atoms with E-state index in [1.54, 1.807) is 0 Å². The summed E-state index contributed by atoms with van der Waals surface area (Å²) in [5.41, 5.74) is 5.84. The van der Waals surface area contributed by atoms with Gasteiger partial charge in [-0.25, -0.2) is 0 Å². The van der Waals surface area contributed by atoms with Gasteiger partial charge in [0.1, 0.15) is 0 Å². The Balaban J connectivity index is 1.91. The summed E-state index contributed by atoms with van der Waals surface area (Å²) in [6.07, 6.45) is 6.09. The molecule has 1 heterocycles. The fraction of sp³-hybridized carbons (Fsp3) is 0.909. The van der Waals surface area contributed by atoms with Crippen molar-refractivity contribution >= 4 is 5.84 Å². The molecule has 0 bridgehead atoms. The minimum atomic E-state index is 0.356. The van der Waals surface area contributed by atoms with E-state index >= 15 is 0 Å². The molecule has 0 amide bonds. The number of ether oxygens (including phenoxy) is 1. The molecule has 0 spiro atoms. The summed E-state index contributed by atoms with van der Waals surface area (Å²) in [6.45, 7) is 3.00. The van der Waals surface area contributed by atoms with Crippen molar-refractivity contribution in [3.63, 3.8) is 0 Å². The fourth-order valence-electron chi connectivity index (χ4n) is 2.15. The van der Waals surface area contributed by atoms with Gasteiger partial charge in [-0.1, -0.05) is 6.92 Å². The van der Waals surface area contributed by atoms with E-state index in [0.717, 1.165) is 37.6 Å². The van der Waals surface area contributed by atoms with Crippen LogP contribution in [-0.2, 0) is 4.74 Å². The van der Waals surface area contributed by atoms with Crippen LogP contribution < -0.4 is 5.73 Å². The lowest BCUT2D eigenvalue weighted by Crippen LogP contribution is -2.25. The zero-order chi connectivity index (χ0) is 9.97. The normalized spacial score (nSPS) is 33.6. The third-order valence-corrected chi connectivity index (χ3v) is 3.03. The van der Waals surface area contributed by atoms with E-state index in [0.29, 0.717) is 12.1 Å². The van der Waals surface area contributed by atoms with E-state index in [-0.39, 0.29) is 0 Å². The van der Waals surface area contributed by atoms with Crippen LogP contribution in [0.3, 0.4) is 0 Å². The molecule has 80 valence electrons. The van der Waals surface area contributed by atoms with Gasteiger partial charge in [-0.3, -0.25) is 4.99 Å². The number of aliphatic imine (C=N–C) groups is 1. The number of rotatable bonds is 4. The first kappa shape index (κ1) is 9.97. The maximum absolute atomic E-state index is 5.84. The monoisotopic (exact) mass is 196 g/mol. The molecular weight excluding hydrogens is 176 g/mol. The van der Waals surface area contributed by atoms with E-state index in [4.69, 9.17) is 10.5 Å². The van der Waals surface area contributed by atoms with E-state index in [2.05, 4.69) is 11.9 Å². The molecule has 2 fully saturated rings. The second-order valence-electron chi connectivity index (χ2n) is 4.40. The van der Waals surface area contributed by atoms with Gasteiger partial charge in [0.15, 0.2) is 0 Å². The van der Waals surface area contributed by atoms with Crippen molar-refractivity contribution in [3.05, 3.63) is 0 Å². The zero-order valence-corrected chi connectivity index (χ0v) is 8.91. The van der Waals surface area contributed by atoms with Crippen molar-refractivity contribution in [2.75, 3.05) is 6.61 Å². The summed E-state index contributed by atoms with van der Waals surface area (Å²) in [5, 5.41) is 0. The summed E-state index contributed by atoms with van der Waals surface area (Å²) in [4.78, 5) is 4.58. The van der Waals surface area contributed by atoms with Crippen LogP contribution in [0, 0.1) is 5.92 Å². The number of nitrogens with zero attached hydrogens (tertiary/aromatic N) is 1. The lowest BCUT2D eigenvalue weighted by Gasteiger charge is -2.14. The van der Waals surface area contributed by atoms with Gasteiger partial charge in [0, 0.05) is 13.0 Å². The lowest BCUT2D eigenvalue weighted by atomic mass is 10.1. The van der Waals surface area contributed by atoms with Crippen LogP contribution in [0.25, 0.3) is 0 Å². The zero-order valence-electron chi connectivity index (χ0n) is 8.91. The smallest absolute Gasteiger partial charge is 0.0941 e. The first-order valence-corrected chi connectivity index (χ1v) is 5.75. The second kappa shape index (κ2) is 4.30. The lowest BCUT2D eigenvalue weighted by molar-refractivity contribution is 0.0875. The number of hydrogen-bond donors (Lipinski definition) is 1. The van der Waals surface area contributed by atoms with Crippen LogP contribution in [0.5, 0.6) is 0 Å². The average Bonchev–Trinajstić information content (AvgIpc) is 2.89. The largest absolute Gasteiger partial charge is 0.387 e. The van der Waals surface area contributed by atoms with Crippen molar-refractivity contribution in [2.45, 2.75) is 51.2 Å². The molecule has 2 unspecified atom stereocenters. The quantitative estimate of drug-likeness (QED) is 0.549. The van der Waals surface area contributed by atoms with Crippen LogP contribution in [0.2, 0.25) is 0 Å². The predicted molar refractivity (Wildman–Crippen MR) is 57.4 cm³/mol. The van der Waals surface area contributed by atoms with Crippen LogP contribution in [0.15, 0.2) is 4.99 Å². The van der Waals surface area contributed by atoms with E-state index < -0.39 is 0 Å². The second-order valence-corrected chi connectivity index (χ2v) is 4.40. The molecule has 1 saturated carbocycles. The minimum Gasteiger partial charge on any atom is -0.387 e. The molecule has 1 aliphatic carbocycles. The summed E-state index contributed by atoms with van der Waals surface area (Å²) >= 11 is 0. The predicted octanol–water partition coefficient (Wildman–Crippen LogP) is 1.71. The summed E-state index contributed by atoms with van der Waals surface area (Å²) in [7, 11) is 0. The minimum absolute atomic E-state index is 0.356. The highest BCUT2D eigenvalue weighted by atomic mass is 16.5. The maximum Gasteiger partial charge on any atom is 0.0941 e. The topological polar surface area (TPSA) is 47.6 Å². The molecular formula is C11H20N2O. The van der Waals surface area contributed by atoms with Gasteiger partial charge in [0.2, 0.25) is 0 Å². The first-order chi connectivity index (χ1) is 6.81. The molecule has 1 saturated heterocycles. The maximum atomic E-state index is 5.84. The standard InChI is InChI=1S/C11H20N2O/c1-2-3-10(12)13-9-6-7-14-11(9)8-4-5-8/h8-9,11H,2-7H2,1H3,(H2,12,13). The third-order valence-electron chi connectivity index (χ3n) is 3.03. The summed E-state index contributed by atoms with van der Waals surface area (Å²) in [6, 6.07) is 0.356. The molecule has 2 aliphatic rings. The molecule has 0 aromatic rings. The third kappa shape index (κ3) is 2.27. The Kier molecular flexibility index (Phi) is 3.06. The highest BCUT2D eigenvalue weighted by Gasteiger charge is 2.40. The Hall–Kier alpha value is -0.570. The highest BCUT2D eigenvalue weighted by molar-refractivity contribution is 5.80. The number of nitrogens with two attached hydrogens (primary N) is 1. The van der Waals surface area contributed by atoms with Crippen molar-refractivity contribution in [2.24, 2.45) is 16.6 Å². The molecule has 2 atom stereocenters. The van der Waals surface area contributed by atoms with E-state index in [1.165, 1.54) is 12.8 Å². The van der Waals surface area contributed by atoms with Gasteiger partial charge >= 0.3 is 0 Å². The average molecular weight is 196 g/mol. The summed E-state index contributed by atoms with van der Waals surface area (Å²) in [5.74, 6) is 1.59. The van der Waals surface area contributed by atoms with Gasteiger partial charge in [0.05, 0.1) is 18.0 Å². The van der Waals surface area contributed by atoms with Gasteiger partial charge in [-0.2, -0.15) is 0 Å². The van der Waals surface area contributed by atoms with Crippen molar-refractivity contribution < 1.29 is 4.74 Å². The van der Waals surface area contributed by atoms with Crippen LogP contribution in [0.1, 0.15) is 39.0 Å². The Labute approximate surface area is 85.7 Å². The fourth-order valence-corrected chi connectivity index (χ4v) is 2.15. The number of hydrogen-bond acceptors (Lipinski definition) is 2.